The summed E-state index contributed by atoms with van der Waals surface area (Å²) in [5.41, 5.74) is 3.18. The quantitative estimate of drug-likeness (QED) is 0.405. The fourth-order valence-corrected chi connectivity index (χ4v) is 4.25. The number of anilines is 2. The van der Waals surface area contributed by atoms with Crippen molar-refractivity contribution < 1.29 is 8.95 Å². The first-order valence-electron chi connectivity index (χ1n) is 8.33. The van der Waals surface area contributed by atoms with Crippen LogP contribution in [-0.4, -0.2) is 30.6 Å². The van der Waals surface area contributed by atoms with E-state index in [1.165, 1.54) is 23.9 Å². The van der Waals surface area contributed by atoms with Gasteiger partial charge in [0.1, 0.15) is 30.0 Å². The number of ether oxygens (including phenoxy) is 1. The van der Waals surface area contributed by atoms with Crippen molar-refractivity contribution in [3.8, 4) is 5.75 Å². The second kappa shape index (κ2) is 8.01. The van der Waals surface area contributed by atoms with Crippen LogP contribution in [0, 0.1) is 4.78 Å². The molecule has 0 aliphatic carbocycles. The number of benzene rings is 2. The molecule has 11 heteroatoms. The maximum atomic E-state index is 12.0. The molecule has 2 aromatic heterocycles. The van der Waals surface area contributed by atoms with E-state index in [1.54, 1.807) is 23.7 Å². The Balaban J connectivity index is 1.60. The number of rotatable bonds is 6. The summed E-state index contributed by atoms with van der Waals surface area (Å²) in [5, 5.41) is 12.4. The molecule has 0 aliphatic heterocycles. The average molecular weight is 491 g/mol. The molecule has 148 valence electrons. The molecule has 0 bridgehead atoms. The van der Waals surface area contributed by atoms with Gasteiger partial charge in [0.15, 0.2) is 0 Å². The molecule has 1 unspecified atom stereocenters. The van der Waals surface area contributed by atoms with Crippen LogP contribution in [0.2, 0.25) is 0 Å². The summed E-state index contributed by atoms with van der Waals surface area (Å²) < 4.78 is 26.4. The van der Waals surface area contributed by atoms with Crippen LogP contribution in [0.1, 0.15) is 5.56 Å². The van der Waals surface area contributed by atoms with E-state index in [0.717, 1.165) is 15.4 Å². The minimum atomic E-state index is -2.77. The first kappa shape index (κ1) is 19.7. The maximum Gasteiger partial charge on any atom is 0.211 e. The number of hydrogen-bond donors (Lipinski definition) is 2. The highest BCUT2D eigenvalue weighted by Gasteiger charge is 2.11. The van der Waals surface area contributed by atoms with Crippen molar-refractivity contribution >= 4 is 58.8 Å². The first-order valence-corrected chi connectivity index (χ1v) is 12.0. The van der Waals surface area contributed by atoms with Crippen LogP contribution in [0.15, 0.2) is 57.6 Å². The number of hydrogen-bond acceptors (Lipinski definition) is 9. The van der Waals surface area contributed by atoms with Crippen LogP contribution in [0.4, 0.5) is 10.9 Å². The second-order valence-electron chi connectivity index (χ2n) is 6.17. The minimum Gasteiger partial charge on any atom is -0.488 e. The largest absolute Gasteiger partial charge is 0.488 e. The lowest BCUT2D eigenvalue weighted by Gasteiger charge is -2.12. The minimum absolute atomic E-state index is 0.272. The zero-order valence-corrected chi connectivity index (χ0v) is 18.3. The van der Waals surface area contributed by atoms with Gasteiger partial charge in [-0.3, -0.25) is 0 Å². The molecule has 2 aromatic carbocycles. The smallest absolute Gasteiger partial charge is 0.211 e. The fourth-order valence-electron chi connectivity index (χ4n) is 2.64. The Morgan fingerprint density at radius 2 is 2.14 bits per heavy atom. The molecule has 8 nitrogen and oxygen atoms in total. The van der Waals surface area contributed by atoms with Crippen molar-refractivity contribution in [2.24, 2.45) is 0 Å². The van der Waals surface area contributed by atoms with Gasteiger partial charge in [0.2, 0.25) is 5.13 Å². The third-order valence-electron chi connectivity index (χ3n) is 4.02. The summed E-state index contributed by atoms with van der Waals surface area (Å²) in [5.74, 6) is 1.24. The summed E-state index contributed by atoms with van der Waals surface area (Å²) in [6, 6.07) is 10.8. The molecule has 0 saturated carbocycles. The van der Waals surface area contributed by atoms with E-state index in [4.69, 9.17) is 9.52 Å². The van der Waals surface area contributed by atoms with E-state index in [-0.39, 0.29) is 6.61 Å². The normalized spacial score (nSPS) is 13.2. The van der Waals surface area contributed by atoms with E-state index in [1.807, 2.05) is 18.2 Å². The standard InChI is InChI=1S/C18H15BrN6O2S2/c1-29(20,26)12-4-2-3-11(5-12)8-27-16-7-15-13(6-14(16)19)17(22-9-21-15)24-18-25-23-10-28-18/h2-7,9-10,20H,8H2,1H3,(H,21,22,24,25). The van der Waals surface area contributed by atoms with Gasteiger partial charge in [-0.25, -0.2) is 19.0 Å². The molecular weight excluding hydrogens is 476 g/mol. The van der Waals surface area contributed by atoms with Gasteiger partial charge in [-0.15, -0.1) is 10.2 Å². The average Bonchev–Trinajstić information content (AvgIpc) is 3.20. The summed E-state index contributed by atoms with van der Waals surface area (Å²) in [6.07, 6.45) is 2.87. The Bertz CT molecular complexity index is 1280. The predicted octanol–water partition coefficient (Wildman–Crippen LogP) is 4.60. The Hall–Kier alpha value is -2.63. The lowest BCUT2D eigenvalue weighted by atomic mass is 10.2. The molecule has 2 N–H and O–H groups in total. The predicted molar refractivity (Wildman–Crippen MR) is 116 cm³/mol. The van der Waals surface area contributed by atoms with Gasteiger partial charge in [0.05, 0.1) is 19.7 Å². The van der Waals surface area contributed by atoms with Crippen molar-refractivity contribution in [1.82, 2.24) is 20.2 Å². The molecule has 0 aliphatic rings. The number of nitrogens with zero attached hydrogens (tertiary/aromatic N) is 4. The van der Waals surface area contributed by atoms with Gasteiger partial charge in [0.25, 0.3) is 0 Å². The van der Waals surface area contributed by atoms with Crippen molar-refractivity contribution in [1.29, 1.82) is 4.78 Å². The SMILES string of the molecule is CS(=N)(=O)c1cccc(COc2cc3ncnc(Nc4nncs4)c3cc2Br)c1. The lowest BCUT2D eigenvalue weighted by molar-refractivity contribution is 0.304. The summed E-state index contributed by atoms with van der Waals surface area (Å²) in [4.78, 5) is 9.10. The Labute approximate surface area is 179 Å². The summed E-state index contributed by atoms with van der Waals surface area (Å²) in [6.45, 7) is 0.272. The van der Waals surface area contributed by atoms with Crippen LogP contribution in [-0.2, 0) is 16.3 Å². The van der Waals surface area contributed by atoms with Crippen LogP contribution in [0.25, 0.3) is 10.9 Å². The molecule has 0 amide bonds. The highest BCUT2D eigenvalue weighted by atomic mass is 79.9. The van der Waals surface area contributed by atoms with Gasteiger partial charge in [0, 0.05) is 22.6 Å². The molecule has 0 saturated heterocycles. The molecular formula is C18H15BrN6O2S2. The Morgan fingerprint density at radius 3 is 2.90 bits per heavy atom. The second-order valence-corrected chi connectivity index (χ2v) is 10.0. The molecule has 1 atom stereocenters. The van der Waals surface area contributed by atoms with Gasteiger partial charge < -0.3 is 10.1 Å². The highest BCUT2D eigenvalue weighted by molar-refractivity contribution is 9.10. The molecule has 2 heterocycles. The van der Waals surface area contributed by atoms with Crippen LogP contribution in [0.5, 0.6) is 5.75 Å². The first-order chi connectivity index (χ1) is 13.9. The van der Waals surface area contributed by atoms with Crippen molar-refractivity contribution in [2.45, 2.75) is 11.5 Å². The third kappa shape index (κ3) is 4.52. The number of nitrogens with one attached hydrogen (secondary N) is 2. The Morgan fingerprint density at radius 1 is 1.28 bits per heavy atom. The molecule has 0 radical (unpaired) electrons. The molecule has 4 aromatic rings. The zero-order valence-electron chi connectivity index (χ0n) is 15.1. The third-order valence-corrected chi connectivity index (χ3v) is 6.40. The van der Waals surface area contributed by atoms with Crippen LogP contribution < -0.4 is 10.1 Å². The van der Waals surface area contributed by atoms with E-state index in [9.17, 15) is 4.21 Å². The number of aromatic nitrogens is 4. The van der Waals surface area contributed by atoms with Gasteiger partial charge >= 0.3 is 0 Å². The Kier molecular flexibility index (Phi) is 5.43. The van der Waals surface area contributed by atoms with Crippen LogP contribution >= 0.6 is 27.3 Å². The lowest BCUT2D eigenvalue weighted by Crippen LogP contribution is -2.00. The molecule has 29 heavy (non-hydrogen) atoms. The topological polar surface area (TPSA) is 114 Å². The van der Waals surface area contributed by atoms with Gasteiger partial charge in [-0.1, -0.05) is 23.5 Å². The van der Waals surface area contributed by atoms with Crippen molar-refractivity contribution in [3.05, 3.63) is 58.3 Å². The monoisotopic (exact) mass is 490 g/mol. The summed E-state index contributed by atoms with van der Waals surface area (Å²) >= 11 is 4.92. The molecule has 0 spiro atoms. The number of halogens is 1. The maximum absolute atomic E-state index is 12.0. The van der Waals surface area contributed by atoms with E-state index < -0.39 is 9.73 Å². The van der Waals surface area contributed by atoms with Crippen molar-refractivity contribution in [3.63, 3.8) is 0 Å². The van der Waals surface area contributed by atoms with Crippen LogP contribution in [0.3, 0.4) is 0 Å². The van der Waals surface area contributed by atoms with Crippen molar-refractivity contribution in [2.75, 3.05) is 11.6 Å². The van der Waals surface area contributed by atoms with Gasteiger partial charge in [-0.2, -0.15) is 0 Å². The fraction of sp³-hybridized carbons (Fsp3) is 0.111. The van der Waals surface area contributed by atoms with E-state index in [0.29, 0.717) is 27.1 Å². The zero-order chi connectivity index (χ0) is 20.4. The summed E-state index contributed by atoms with van der Waals surface area (Å²) in [7, 11) is -2.77. The molecule has 0 fully saturated rings. The van der Waals surface area contributed by atoms with Gasteiger partial charge in [-0.05, 0) is 39.7 Å². The highest BCUT2D eigenvalue weighted by Crippen LogP contribution is 2.33. The van der Waals surface area contributed by atoms with E-state index >= 15 is 0 Å². The molecule has 4 rings (SSSR count). The van der Waals surface area contributed by atoms with E-state index in [2.05, 4.69) is 41.4 Å². The number of fused-ring (bicyclic) bond motifs is 1.